The molecule has 1 N–H and O–H groups in total. The summed E-state index contributed by atoms with van der Waals surface area (Å²) in [5.41, 5.74) is 2.72. The van der Waals surface area contributed by atoms with Gasteiger partial charge in [0.2, 0.25) is 5.95 Å². The molecule has 48 heavy (non-hydrogen) atoms. The molecule has 1 atom stereocenters. The summed E-state index contributed by atoms with van der Waals surface area (Å²) in [6.07, 6.45) is 12.8. The molecular formula is C32H36N12O3S. The Morgan fingerprint density at radius 2 is 1.90 bits per heavy atom. The van der Waals surface area contributed by atoms with Crippen molar-refractivity contribution >= 4 is 23.0 Å². The lowest BCUT2D eigenvalue weighted by molar-refractivity contribution is 0.00502. The molecule has 0 amide bonds. The van der Waals surface area contributed by atoms with E-state index in [0.29, 0.717) is 48.0 Å². The third-order valence-electron chi connectivity index (χ3n) is 8.61. The highest BCUT2D eigenvalue weighted by Crippen LogP contribution is 2.35. The highest BCUT2D eigenvalue weighted by atomic mass is 32.1. The molecule has 0 bridgehead atoms. The fourth-order valence-electron chi connectivity index (χ4n) is 6.17. The molecule has 0 radical (unpaired) electrons. The van der Waals surface area contributed by atoms with E-state index in [0.717, 1.165) is 68.1 Å². The van der Waals surface area contributed by atoms with E-state index in [-0.39, 0.29) is 12.1 Å². The summed E-state index contributed by atoms with van der Waals surface area (Å²) in [6.45, 7) is 6.33. The van der Waals surface area contributed by atoms with Gasteiger partial charge in [-0.2, -0.15) is 5.26 Å². The van der Waals surface area contributed by atoms with Crippen LogP contribution in [0.2, 0.25) is 0 Å². The lowest BCUT2D eigenvalue weighted by atomic mass is 9.90. The van der Waals surface area contributed by atoms with E-state index < -0.39 is 0 Å². The predicted octanol–water partition coefficient (Wildman–Crippen LogP) is 4.26. The Morgan fingerprint density at radius 1 is 1.08 bits per heavy atom. The normalized spacial score (nSPS) is 19.0. The Labute approximate surface area is 281 Å². The van der Waals surface area contributed by atoms with Crippen molar-refractivity contribution in [3.63, 3.8) is 0 Å². The fraction of sp³-hybridized carbons (Fsp3) is 0.438. The molecule has 7 rings (SSSR count). The van der Waals surface area contributed by atoms with Gasteiger partial charge in [0.1, 0.15) is 41.6 Å². The monoisotopic (exact) mass is 668 g/mol. The molecule has 1 aliphatic heterocycles. The lowest BCUT2D eigenvalue weighted by Gasteiger charge is -2.38. The summed E-state index contributed by atoms with van der Waals surface area (Å²) in [5, 5.41) is 31.9. The number of thiazole rings is 1. The van der Waals surface area contributed by atoms with E-state index in [2.05, 4.69) is 46.8 Å². The van der Waals surface area contributed by atoms with Gasteiger partial charge in [-0.05, 0) is 60.7 Å². The largest absolute Gasteiger partial charge is 0.487 e. The Balaban J connectivity index is 1.05. The summed E-state index contributed by atoms with van der Waals surface area (Å²) >= 11 is 1.54. The van der Waals surface area contributed by atoms with E-state index in [9.17, 15) is 5.26 Å². The minimum Gasteiger partial charge on any atom is -0.487 e. The van der Waals surface area contributed by atoms with Gasteiger partial charge < -0.3 is 19.5 Å². The molecule has 2 aliphatic rings. The Hall–Kier alpha value is -4.98. The molecule has 5 aromatic rings. The van der Waals surface area contributed by atoms with Gasteiger partial charge in [0.05, 0.1) is 37.6 Å². The van der Waals surface area contributed by atoms with Gasteiger partial charge >= 0.3 is 0 Å². The number of aromatic nitrogens is 9. The number of hydrogen-bond acceptors (Lipinski definition) is 14. The van der Waals surface area contributed by atoms with E-state index >= 15 is 0 Å². The van der Waals surface area contributed by atoms with Gasteiger partial charge in [0.15, 0.2) is 0 Å². The maximum absolute atomic E-state index is 9.66. The number of hydrogen-bond donors (Lipinski definition) is 1. The third-order valence-corrected chi connectivity index (χ3v) is 9.37. The Morgan fingerprint density at radius 3 is 2.62 bits per heavy atom. The number of anilines is 2. The second-order valence-corrected chi connectivity index (χ2v) is 12.8. The quantitative estimate of drug-likeness (QED) is 0.201. The SMILES string of the molecule is C[C@@H](Cn1cnnn1)Oc1cc(-c2cnc(Nc3cn([C@H]4CC[C@H](N5CCOCC5)CC4)nc3OCc3nccs3)nc2)ccc1C#N. The molecular weight excluding hydrogens is 633 g/mol. The number of nitriles is 1. The number of tetrazole rings is 1. The van der Waals surface area contributed by atoms with Crippen LogP contribution in [0.25, 0.3) is 11.1 Å². The first-order valence-corrected chi connectivity index (χ1v) is 16.9. The first kappa shape index (κ1) is 31.6. The molecule has 2 fully saturated rings. The molecule has 0 unspecified atom stereocenters. The first-order valence-electron chi connectivity index (χ1n) is 16.0. The highest BCUT2D eigenvalue weighted by Gasteiger charge is 2.29. The van der Waals surface area contributed by atoms with Gasteiger partial charge in [0, 0.05) is 48.7 Å². The van der Waals surface area contributed by atoms with Crippen LogP contribution in [0.15, 0.2) is 54.7 Å². The summed E-state index contributed by atoms with van der Waals surface area (Å²) < 4.78 is 21.4. The number of nitrogens with zero attached hydrogens (tertiary/aromatic N) is 11. The third kappa shape index (κ3) is 7.59. The van der Waals surface area contributed by atoms with Crippen LogP contribution in [0.4, 0.5) is 11.6 Å². The van der Waals surface area contributed by atoms with E-state index in [1.165, 1.54) is 6.33 Å². The number of nitrogens with one attached hydrogen (secondary N) is 1. The molecule has 5 heterocycles. The average molecular weight is 669 g/mol. The van der Waals surface area contributed by atoms with Crippen molar-refractivity contribution in [3.8, 4) is 28.8 Å². The van der Waals surface area contributed by atoms with Crippen LogP contribution in [0.5, 0.6) is 11.6 Å². The van der Waals surface area contributed by atoms with Crippen molar-refractivity contribution < 1.29 is 14.2 Å². The fourth-order valence-corrected chi connectivity index (χ4v) is 6.70. The van der Waals surface area contributed by atoms with Crippen molar-refractivity contribution in [2.75, 3.05) is 31.6 Å². The number of ether oxygens (including phenoxy) is 3. The Bertz CT molecular complexity index is 1790. The molecule has 248 valence electrons. The van der Waals surface area contributed by atoms with Crippen molar-refractivity contribution in [1.82, 2.24) is 49.8 Å². The second kappa shape index (κ2) is 14.8. The van der Waals surface area contributed by atoms with Crippen LogP contribution in [-0.4, -0.2) is 88.3 Å². The second-order valence-electron chi connectivity index (χ2n) is 11.9. The summed E-state index contributed by atoms with van der Waals surface area (Å²) in [5.74, 6) is 1.36. The maximum atomic E-state index is 9.66. The minimum absolute atomic E-state index is 0.272. The molecule has 15 nitrogen and oxygen atoms in total. The highest BCUT2D eigenvalue weighted by molar-refractivity contribution is 7.09. The summed E-state index contributed by atoms with van der Waals surface area (Å²) in [4.78, 5) is 16.1. The zero-order valence-corrected chi connectivity index (χ0v) is 27.4. The average Bonchev–Trinajstić information content (AvgIpc) is 3.92. The smallest absolute Gasteiger partial charge is 0.257 e. The van der Waals surface area contributed by atoms with Gasteiger partial charge in [0.25, 0.3) is 5.88 Å². The van der Waals surface area contributed by atoms with Gasteiger partial charge in [-0.1, -0.05) is 6.07 Å². The van der Waals surface area contributed by atoms with Crippen molar-refractivity contribution in [3.05, 3.63) is 65.3 Å². The van der Waals surface area contributed by atoms with E-state index in [1.807, 2.05) is 35.3 Å². The van der Waals surface area contributed by atoms with Crippen molar-refractivity contribution in [1.29, 1.82) is 5.26 Å². The van der Waals surface area contributed by atoms with E-state index in [4.69, 9.17) is 19.3 Å². The van der Waals surface area contributed by atoms with Crippen molar-refractivity contribution in [2.24, 2.45) is 0 Å². The first-order chi connectivity index (χ1) is 23.6. The number of rotatable bonds is 12. The molecule has 0 spiro atoms. The zero-order chi connectivity index (χ0) is 32.7. The maximum Gasteiger partial charge on any atom is 0.257 e. The molecule has 16 heteroatoms. The van der Waals surface area contributed by atoms with Crippen molar-refractivity contribution in [2.45, 2.75) is 63.9 Å². The number of benzene rings is 1. The van der Waals surface area contributed by atoms with Gasteiger partial charge in [-0.25, -0.2) is 19.6 Å². The molecule has 1 aromatic carbocycles. The van der Waals surface area contributed by atoms with Crippen LogP contribution < -0.4 is 14.8 Å². The van der Waals surface area contributed by atoms with Crippen LogP contribution in [-0.2, 0) is 17.9 Å². The van der Waals surface area contributed by atoms with Crippen LogP contribution in [0, 0.1) is 11.3 Å². The predicted molar refractivity (Wildman–Crippen MR) is 176 cm³/mol. The molecule has 1 saturated carbocycles. The molecule has 4 aromatic heterocycles. The summed E-state index contributed by atoms with van der Waals surface area (Å²) in [6, 6.07) is 8.49. The zero-order valence-electron chi connectivity index (χ0n) is 26.6. The lowest BCUT2D eigenvalue weighted by Crippen LogP contribution is -2.45. The molecule has 1 saturated heterocycles. The van der Waals surface area contributed by atoms with Crippen LogP contribution in [0.1, 0.15) is 49.2 Å². The van der Waals surface area contributed by atoms with Gasteiger partial charge in [-0.15, -0.1) is 21.5 Å². The summed E-state index contributed by atoms with van der Waals surface area (Å²) in [7, 11) is 0. The minimum atomic E-state index is -0.272. The van der Waals surface area contributed by atoms with Crippen LogP contribution >= 0.6 is 11.3 Å². The Kier molecular flexibility index (Phi) is 9.77. The number of morpholine rings is 1. The van der Waals surface area contributed by atoms with Gasteiger partial charge in [-0.3, -0.25) is 9.58 Å². The van der Waals surface area contributed by atoms with Crippen LogP contribution in [0.3, 0.4) is 0 Å². The standard InChI is InChI=1S/C32H36N12O3S/c1-22(18-43-21-37-40-41-43)47-29-14-23(2-3-24(29)15-33)25-16-35-32(36-17-25)38-28-19-44(39-31(28)46-20-30-34-8-13-48-30)27-6-4-26(5-7-27)42-9-11-45-12-10-42/h2-3,8,13-14,16-17,19,21-22,26-27H,4-7,9-12,18,20H2,1H3,(H,35,36,38)/t22-,26-,27-/m0/s1. The molecule has 1 aliphatic carbocycles. The topological polar surface area (TPSA) is 167 Å². The van der Waals surface area contributed by atoms with E-state index in [1.54, 1.807) is 40.7 Å².